The normalized spacial score (nSPS) is 12.5. The van der Waals surface area contributed by atoms with Crippen molar-refractivity contribution in [3.05, 3.63) is 77.8 Å². The lowest BCUT2D eigenvalue weighted by atomic mass is 10.3. The molecule has 4 aromatic rings. The van der Waals surface area contributed by atoms with Gasteiger partial charge in [-0.3, -0.25) is 9.44 Å². The second-order valence-electron chi connectivity index (χ2n) is 7.22. The molecule has 0 radical (unpaired) electrons. The molecule has 0 aliphatic heterocycles. The van der Waals surface area contributed by atoms with Crippen molar-refractivity contribution in [2.45, 2.75) is 14.9 Å². The number of fused-ring (bicyclic) bond motifs is 1. The molecule has 0 fully saturated rings. The number of halogens is 1. The summed E-state index contributed by atoms with van der Waals surface area (Å²) < 4.78 is 86.1. The number of furan rings is 1. The second kappa shape index (κ2) is 8.62. The third-order valence-electron chi connectivity index (χ3n) is 4.68. The number of anilines is 2. The van der Waals surface area contributed by atoms with Gasteiger partial charge in [-0.25, -0.2) is 16.8 Å². The van der Waals surface area contributed by atoms with E-state index >= 15 is 0 Å². The number of benzene rings is 3. The van der Waals surface area contributed by atoms with Crippen LogP contribution in [0.1, 0.15) is 0 Å². The second-order valence-corrected chi connectivity index (χ2v) is 12.9. The maximum absolute atomic E-state index is 13.1. The Morgan fingerprint density at radius 1 is 0.706 bits per heavy atom. The van der Waals surface area contributed by atoms with Gasteiger partial charge in [0, 0.05) is 22.7 Å². The highest BCUT2D eigenvalue weighted by Crippen LogP contribution is 2.32. The molecule has 0 unspecified atom stereocenters. The highest BCUT2D eigenvalue weighted by Gasteiger charge is 2.26. The lowest BCUT2D eigenvalue weighted by Gasteiger charge is -2.15. The molecule has 0 spiro atoms. The summed E-state index contributed by atoms with van der Waals surface area (Å²) in [5, 5.41) is 0.305. The van der Waals surface area contributed by atoms with Crippen LogP contribution in [0.3, 0.4) is 0 Å². The summed E-state index contributed by atoms with van der Waals surface area (Å²) in [6, 6.07) is 16.9. The van der Waals surface area contributed by atoms with Gasteiger partial charge in [-0.05, 0) is 36.4 Å². The third kappa shape index (κ3) is 4.89. The van der Waals surface area contributed by atoms with Crippen LogP contribution >= 0.6 is 11.6 Å². The van der Waals surface area contributed by atoms with Crippen molar-refractivity contribution >= 4 is 63.8 Å². The summed E-state index contributed by atoms with van der Waals surface area (Å²) in [4.78, 5) is -0.889. The Morgan fingerprint density at radius 2 is 1.32 bits per heavy atom. The average Bonchev–Trinajstić information content (AvgIpc) is 3.20. The van der Waals surface area contributed by atoms with E-state index in [4.69, 9.17) is 16.0 Å². The quantitative estimate of drug-likeness (QED) is 0.360. The fourth-order valence-electron chi connectivity index (χ4n) is 3.15. The predicted molar refractivity (Wildman–Crippen MR) is 129 cm³/mol. The van der Waals surface area contributed by atoms with E-state index in [1.807, 2.05) is 0 Å². The van der Waals surface area contributed by atoms with Crippen LogP contribution in [0.15, 0.2) is 92.1 Å². The fourth-order valence-corrected chi connectivity index (χ4v) is 7.08. The zero-order valence-corrected chi connectivity index (χ0v) is 20.6. The van der Waals surface area contributed by atoms with Crippen LogP contribution in [0.5, 0.6) is 0 Å². The molecule has 0 saturated heterocycles. The molecule has 3 aromatic carbocycles. The lowest BCUT2D eigenvalue weighted by molar-refractivity contribution is 0.484. The topological polar surface area (TPSA) is 140 Å². The Kier molecular flexibility index (Phi) is 6.10. The van der Waals surface area contributed by atoms with E-state index in [9.17, 15) is 25.3 Å². The molecule has 0 amide bonds. The van der Waals surface area contributed by atoms with Gasteiger partial charge in [-0.2, -0.15) is 8.42 Å². The Hall–Kier alpha value is -3.06. The number of para-hydroxylation sites is 1. The Balaban J connectivity index is 1.74. The predicted octanol–water partition coefficient (Wildman–Crippen LogP) is 4.09. The largest absolute Gasteiger partial charge is 0.443 e. The summed E-state index contributed by atoms with van der Waals surface area (Å²) >= 11 is 6.01. The summed E-state index contributed by atoms with van der Waals surface area (Å²) in [5.41, 5.74) is -0.00645. The van der Waals surface area contributed by atoms with Crippen LogP contribution in [0.4, 0.5) is 11.4 Å². The molecule has 9 nitrogen and oxygen atoms in total. The van der Waals surface area contributed by atoms with E-state index < -0.39 is 39.7 Å². The Bertz CT molecular complexity index is 1700. The fraction of sp³-hybridized carbons (Fsp3) is 0.0476. The number of rotatable bonds is 7. The van der Waals surface area contributed by atoms with Crippen molar-refractivity contribution in [2.75, 3.05) is 15.7 Å². The maximum Gasteiger partial charge on any atom is 0.295 e. The van der Waals surface area contributed by atoms with Crippen LogP contribution in [0.25, 0.3) is 11.0 Å². The number of sulfonamides is 2. The van der Waals surface area contributed by atoms with Crippen LogP contribution in [0, 0.1) is 0 Å². The van der Waals surface area contributed by atoms with Gasteiger partial charge in [0.05, 0.1) is 16.3 Å². The minimum atomic E-state index is -4.43. The van der Waals surface area contributed by atoms with Gasteiger partial charge in [0.2, 0.25) is 5.09 Å². The van der Waals surface area contributed by atoms with Crippen molar-refractivity contribution < 1.29 is 29.7 Å². The Labute approximate surface area is 201 Å². The van der Waals surface area contributed by atoms with Gasteiger partial charge in [-0.1, -0.05) is 41.9 Å². The van der Waals surface area contributed by atoms with E-state index in [0.29, 0.717) is 11.0 Å². The summed E-state index contributed by atoms with van der Waals surface area (Å²) in [5.74, 6) is 0. The van der Waals surface area contributed by atoms with Gasteiger partial charge >= 0.3 is 0 Å². The van der Waals surface area contributed by atoms with Gasteiger partial charge in [-0.15, -0.1) is 0 Å². The van der Waals surface area contributed by atoms with Crippen LogP contribution in [-0.2, 0) is 29.9 Å². The van der Waals surface area contributed by atoms with E-state index in [2.05, 4.69) is 9.44 Å². The molecule has 13 heteroatoms. The zero-order chi connectivity index (χ0) is 24.7. The molecular formula is C21H17ClN2O7S3. The van der Waals surface area contributed by atoms with E-state index in [1.165, 1.54) is 36.4 Å². The maximum atomic E-state index is 13.1. The first kappa shape index (κ1) is 24.1. The third-order valence-corrected chi connectivity index (χ3v) is 8.84. The molecule has 4 rings (SSSR count). The van der Waals surface area contributed by atoms with Gasteiger partial charge in [0.1, 0.15) is 10.5 Å². The SMILES string of the molecule is CS(=O)(=O)c1ccccc1S(=O)(=O)Nc1ccc(Cl)cc1NS(=O)(=O)c1cc2ccccc2o1. The van der Waals surface area contributed by atoms with E-state index in [0.717, 1.165) is 18.4 Å². The summed E-state index contributed by atoms with van der Waals surface area (Å²) in [7, 11) is -12.6. The van der Waals surface area contributed by atoms with Crippen molar-refractivity contribution in [1.82, 2.24) is 0 Å². The van der Waals surface area contributed by atoms with Gasteiger partial charge in [0.15, 0.2) is 9.84 Å². The number of hydrogen-bond acceptors (Lipinski definition) is 7. The molecule has 1 heterocycles. The first-order chi connectivity index (χ1) is 15.9. The first-order valence-electron chi connectivity index (χ1n) is 9.50. The molecule has 0 aliphatic rings. The highest BCUT2D eigenvalue weighted by atomic mass is 35.5. The molecular weight excluding hydrogens is 524 g/mol. The van der Waals surface area contributed by atoms with Gasteiger partial charge < -0.3 is 4.42 Å². The van der Waals surface area contributed by atoms with Crippen molar-refractivity contribution in [2.24, 2.45) is 0 Å². The smallest absolute Gasteiger partial charge is 0.295 e. The van der Waals surface area contributed by atoms with Crippen molar-refractivity contribution in [3.8, 4) is 0 Å². The molecule has 178 valence electrons. The zero-order valence-electron chi connectivity index (χ0n) is 17.4. The first-order valence-corrected chi connectivity index (χ1v) is 14.7. The molecule has 0 atom stereocenters. The molecule has 0 saturated carbocycles. The van der Waals surface area contributed by atoms with Crippen LogP contribution < -0.4 is 9.44 Å². The van der Waals surface area contributed by atoms with Crippen molar-refractivity contribution in [1.29, 1.82) is 0 Å². The lowest BCUT2D eigenvalue weighted by Crippen LogP contribution is -2.19. The highest BCUT2D eigenvalue weighted by molar-refractivity contribution is 7.95. The van der Waals surface area contributed by atoms with Crippen molar-refractivity contribution in [3.63, 3.8) is 0 Å². The number of sulfone groups is 1. The summed E-state index contributed by atoms with van der Waals surface area (Å²) in [6.45, 7) is 0. The molecule has 34 heavy (non-hydrogen) atoms. The molecule has 1 aromatic heterocycles. The molecule has 2 N–H and O–H groups in total. The van der Waals surface area contributed by atoms with E-state index in [1.54, 1.807) is 24.3 Å². The molecule has 0 aliphatic carbocycles. The van der Waals surface area contributed by atoms with E-state index in [-0.39, 0.29) is 21.5 Å². The average molecular weight is 541 g/mol. The van der Waals surface area contributed by atoms with Crippen LogP contribution in [-0.4, -0.2) is 31.5 Å². The van der Waals surface area contributed by atoms with Gasteiger partial charge in [0.25, 0.3) is 20.0 Å². The molecule has 0 bridgehead atoms. The minimum absolute atomic E-state index is 0.127. The number of hydrogen-bond donors (Lipinski definition) is 2. The number of nitrogens with one attached hydrogen (secondary N) is 2. The van der Waals surface area contributed by atoms with Crippen LogP contribution in [0.2, 0.25) is 5.02 Å². The summed E-state index contributed by atoms with van der Waals surface area (Å²) in [6.07, 6.45) is 0.885. The standard InChI is InChI=1S/C21H17ClN2O7S3/c1-32(25,26)19-8-4-5-9-20(19)33(27,28)23-16-11-10-15(22)13-17(16)24-34(29,30)21-12-14-6-2-3-7-18(14)31-21/h2-13,23-24H,1H3. The Morgan fingerprint density at radius 3 is 2.00 bits per heavy atom. The monoisotopic (exact) mass is 540 g/mol. The minimum Gasteiger partial charge on any atom is -0.443 e.